The van der Waals surface area contributed by atoms with Gasteiger partial charge in [-0.1, -0.05) is 17.7 Å². The van der Waals surface area contributed by atoms with Crippen LogP contribution in [0.5, 0.6) is 11.5 Å². The molecule has 0 bridgehead atoms. The summed E-state index contributed by atoms with van der Waals surface area (Å²) < 4.78 is 10.6. The summed E-state index contributed by atoms with van der Waals surface area (Å²) in [7, 11) is 3.12. The second kappa shape index (κ2) is 10.6. The Labute approximate surface area is 206 Å². The Morgan fingerprint density at radius 1 is 0.853 bits per heavy atom. The number of ether oxygens (including phenoxy) is 2. The highest BCUT2D eigenvalue weighted by atomic mass is 35.5. The fraction of sp³-hybridized carbons (Fsp3) is 0.462. The predicted molar refractivity (Wildman–Crippen MR) is 133 cm³/mol. The van der Waals surface area contributed by atoms with Crippen LogP contribution in [-0.2, 0) is 4.79 Å². The number of halogens is 1. The first kappa shape index (κ1) is 24.2. The fourth-order valence-electron chi connectivity index (χ4n) is 4.83. The van der Waals surface area contributed by atoms with Crippen LogP contribution in [0.1, 0.15) is 28.8 Å². The fourth-order valence-corrected chi connectivity index (χ4v) is 5.00. The monoisotopic (exact) mass is 485 g/mol. The molecule has 2 aromatic carbocycles. The van der Waals surface area contributed by atoms with Crippen molar-refractivity contribution in [3.63, 3.8) is 0 Å². The molecule has 2 aromatic rings. The van der Waals surface area contributed by atoms with Crippen LogP contribution in [0.15, 0.2) is 36.4 Å². The molecule has 7 nitrogen and oxygen atoms in total. The first-order valence-electron chi connectivity index (χ1n) is 11.7. The Balaban J connectivity index is 1.30. The Hall–Kier alpha value is -2.93. The van der Waals surface area contributed by atoms with Gasteiger partial charge in [0.25, 0.3) is 5.91 Å². The van der Waals surface area contributed by atoms with Crippen LogP contribution in [-0.4, -0.2) is 75.1 Å². The molecule has 2 amide bonds. The summed E-state index contributed by atoms with van der Waals surface area (Å²) in [6.45, 7) is 6.23. The zero-order chi connectivity index (χ0) is 24.2. The topological polar surface area (TPSA) is 62.3 Å². The lowest BCUT2D eigenvalue weighted by molar-refractivity contribution is -0.137. The van der Waals surface area contributed by atoms with Crippen molar-refractivity contribution in [3.05, 3.63) is 52.5 Å². The molecule has 2 saturated heterocycles. The molecule has 2 heterocycles. The van der Waals surface area contributed by atoms with Crippen molar-refractivity contribution in [1.82, 2.24) is 9.80 Å². The molecule has 8 heteroatoms. The van der Waals surface area contributed by atoms with Crippen LogP contribution in [0, 0.1) is 12.8 Å². The average Bonchev–Trinajstić information content (AvgIpc) is 2.89. The minimum absolute atomic E-state index is 0.0334. The van der Waals surface area contributed by atoms with Crippen molar-refractivity contribution in [3.8, 4) is 11.5 Å². The second-order valence-corrected chi connectivity index (χ2v) is 9.32. The zero-order valence-electron chi connectivity index (χ0n) is 20.1. The minimum Gasteiger partial charge on any atom is -0.493 e. The maximum Gasteiger partial charge on any atom is 0.253 e. The van der Waals surface area contributed by atoms with E-state index in [1.807, 2.05) is 28.0 Å². The maximum absolute atomic E-state index is 13.2. The van der Waals surface area contributed by atoms with Gasteiger partial charge >= 0.3 is 0 Å². The van der Waals surface area contributed by atoms with Gasteiger partial charge in [-0.3, -0.25) is 9.59 Å². The van der Waals surface area contributed by atoms with Crippen molar-refractivity contribution >= 4 is 29.1 Å². The van der Waals surface area contributed by atoms with Crippen molar-refractivity contribution in [2.75, 3.05) is 58.4 Å². The molecule has 0 unspecified atom stereocenters. The second-order valence-electron chi connectivity index (χ2n) is 8.88. The lowest BCUT2D eigenvalue weighted by Crippen LogP contribution is -2.52. The summed E-state index contributed by atoms with van der Waals surface area (Å²) in [5.41, 5.74) is 2.90. The smallest absolute Gasteiger partial charge is 0.253 e. The van der Waals surface area contributed by atoms with Gasteiger partial charge in [0.05, 0.1) is 14.2 Å². The number of nitrogens with zero attached hydrogens (tertiary/aromatic N) is 3. The summed E-state index contributed by atoms with van der Waals surface area (Å²) in [6, 6.07) is 11.1. The van der Waals surface area contributed by atoms with Crippen molar-refractivity contribution < 1.29 is 19.1 Å². The summed E-state index contributed by atoms with van der Waals surface area (Å²) >= 11 is 6.19. The van der Waals surface area contributed by atoms with E-state index in [2.05, 4.69) is 11.8 Å². The number of aryl methyl sites for hydroxylation is 1. The molecule has 4 rings (SSSR count). The third-order valence-corrected chi connectivity index (χ3v) is 7.10. The van der Waals surface area contributed by atoms with Crippen molar-refractivity contribution in [1.29, 1.82) is 0 Å². The van der Waals surface area contributed by atoms with E-state index in [0.717, 1.165) is 23.8 Å². The van der Waals surface area contributed by atoms with Crippen LogP contribution < -0.4 is 14.4 Å². The molecule has 0 saturated carbocycles. The Kier molecular flexibility index (Phi) is 7.51. The van der Waals surface area contributed by atoms with Gasteiger partial charge in [0.2, 0.25) is 5.91 Å². The molecule has 34 heavy (non-hydrogen) atoms. The quantitative estimate of drug-likeness (QED) is 0.643. The van der Waals surface area contributed by atoms with Crippen LogP contribution >= 0.6 is 11.6 Å². The number of methoxy groups -OCH3 is 2. The van der Waals surface area contributed by atoms with Gasteiger partial charge in [0, 0.05) is 61.5 Å². The van der Waals surface area contributed by atoms with Gasteiger partial charge < -0.3 is 24.2 Å². The lowest BCUT2D eigenvalue weighted by atomic mass is 9.94. The first-order chi connectivity index (χ1) is 16.4. The van der Waals surface area contributed by atoms with E-state index in [0.29, 0.717) is 56.1 Å². The molecule has 0 aliphatic carbocycles. The number of hydrogen-bond acceptors (Lipinski definition) is 5. The molecular formula is C26H32ClN3O4. The van der Waals surface area contributed by atoms with Gasteiger partial charge in [-0.15, -0.1) is 0 Å². The number of anilines is 1. The van der Waals surface area contributed by atoms with E-state index in [-0.39, 0.29) is 17.7 Å². The predicted octanol–water partition coefficient (Wildman–Crippen LogP) is 3.87. The average molecular weight is 486 g/mol. The van der Waals surface area contributed by atoms with Gasteiger partial charge in [-0.2, -0.15) is 0 Å². The van der Waals surface area contributed by atoms with E-state index in [1.165, 1.54) is 5.56 Å². The summed E-state index contributed by atoms with van der Waals surface area (Å²) in [6.07, 6.45) is 1.37. The Morgan fingerprint density at radius 2 is 1.53 bits per heavy atom. The number of piperazine rings is 1. The number of benzene rings is 2. The molecular weight excluding hydrogens is 454 g/mol. The van der Waals surface area contributed by atoms with E-state index in [1.54, 1.807) is 32.4 Å². The van der Waals surface area contributed by atoms with E-state index in [9.17, 15) is 9.59 Å². The molecule has 2 aliphatic heterocycles. The number of piperidine rings is 1. The summed E-state index contributed by atoms with van der Waals surface area (Å²) in [5, 5.41) is 0.730. The van der Waals surface area contributed by atoms with Crippen LogP contribution in [0.2, 0.25) is 5.02 Å². The first-order valence-corrected chi connectivity index (χ1v) is 12.1. The van der Waals surface area contributed by atoms with Gasteiger partial charge in [0.1, 0.15) is 0 Å². The Bertz CT molecular complexity index is 1040. The van der Waals surface area contributed by atoms with Gasteiger partial charge in [-0.25, -0.2) is 0 Å². The number of carbonyl (C=O) groups is 2. The highest BCUT2D eigenvalue weighted by Gasteiger charge is 2.32. The van der Waals surface area contributed by atoms with Crippen LogP contribution in [0.4, 0.5) is 5.69 Å². The summed E-state index contributed by atoms with van der Waals surface area (Å²) in [5.74, 6) is 1.26. The Morgan fingerprint density at radius 3 is 2.18 bits per heavy atom. The standard InChI is InChI=1S/C26H32ClN3O4/c1-18-4-6-21(27)17-22(18)28-12-14-30(15-13-28)25(31)19-8-10-29(11-9-19)26(32)20-5-7-23(33-2)24(16-20)34-3/h4-7,16-17,19H,8-15H2,1-3H3. The SMILES string of the molecule is COc1ccc(C(=O)N2CCC(C(=O)N3CCN(c4cc(Cl)ccc4C)CC3)CC2)cc1OC. The minimum atomic E-state index is -0.0441. The van der Waals surface area contributed by atoms with Crippen molar-refractivity contribution in [2.24, 2.45) is 5.92 Å². The van der Waals surface area contributed by atoms with Gasteiger partial charge in [-0.05, 0) is 55.7 Å². The highest BCUT2D eigenvalue weighted by Crippen LogP contribution is 2.30. The van der Waals surface area contributed by atoms with E-state index >= 15 is 0 Å². The lowest BCUT2D eigenvalue weighted by Gasteiger charge is -2.39. The number of likely N-dealkylation sites (tertiary alicyclic amines) is 1. The molecule has 2 fully saturated rings. The maximum atomic E-state index is 13.2. The molecule has 182 valence electrons. The number of hydrogen-bond donors (Lipinski definition) is 0. The van der Waals surface area contributed by atoms with E-state index in [4.69, 9.17) is 21.1 Å². The highest BCUT2D eigenvalue weighted by molar-refractivity contribution is 6.30. The summed E-state index contributed by atoms with van der Waals surface area (Å²) in [4.78, 5) is 32.3. The molecule has 0 spiro atoms. The molecule has 0 atom stereocenters. The zero-order valence-corrected chi connectivity index (χ0v) is 20.8. The van der Waals surface area contributed by atoms with Crippen molar-refractivity contribution in [2.45, 2.75) is 19.8 Å². The third-order valence-electron chi connectivity index (χ3n) is 6.87. The number of amides is 2. The molecule has 0 N–H and O–H groups in total. The molecule has 0 radical (unpaired) electrons. The molecule has 0 aromatic heterocycles. The normalized spacial score (nSPS) is 17.0. The number of rotatable bonds is 5. The third kappa shape index (κ3) is 5.09. The van der Waals surface area contributed by atoms with Crippen LogP contribution in [0.3, 0.4) is 0 Å². The van der Waals surface area contributed by atoms with E-state index < -0.39 is 0 Å². The largest absolute Gasteiger partial charge is 0.493 e. The molecule has 2 aliphatic rings. The van der Waals surface area contributed by atoms with Gasteiger partial charge in [0.15, 0.2) is 11.5 Å². The number of carbonyl (C=O) groups excluding carboxylic acids is 2. The van der Waals surface area contributed by atoms with Crippen LogP contribution in [0.25, 0.3) is 0 Å².